The summed E-state index contributed by atoms with van der Waals surface area (Å²) in [5.41, 5.74) is 1.22. The number of benzene rings is 1. The van der Waals surface area contributed by atoms with Crippen LogP contribution in [0.5, 0.6) is 0 Å². The van der Waals surface area contributed by atoms with Crippen LogP contribution in [0.15, 0.2) is 43.0 Å². The van der Waals surface area contributed by atoms with Crippen molar-refractivity contribution in [3.63, 3.8) is 0 Å². The Morgan fingerprint density at radius 1 is 1.10 bits per heavy atom. The van der Waals surface area contributed by atoms with E-state index >= 15 is 0 Å². The molecule has 2 aliphatic rings. The summed E-state index contributed by atoms with van der Waals surface area (Å²) in [6.07, 6.45) is 5.85. The summed E-state index contributed by atoms with van der Waals surface area (Å²) in [5.74, 6) is 0.709. The van der Waals surface area contributed by atoms with E-state index in [4.69, 9.17) is 9.47 Å². The van der Waals surface area contributed by atoms with Crippen LogP contribution in [0.1, 0.15) is 31.2 Å². The van der Waals surface area contributed by atoms with Gasteiger partial charge in [-0.2, -0.15) is 0 Å². The number of carbonyl (C=O) groups excluding carboxylic acids is 1. The highest BCUT2D eigenvalue weighted by Gasteiger charge is 2.46. The Bertz CT molecular complexity index is 496. The second-order valence-electron chi connectivity index (χ2n) is 6.00. The van der Waals surface area contributed by atoms with E-state index in [0.717, 1.165) is 25.7 Å². The molecule has 0 N–H and O–H groups in total. The van der Waals surface area contributed by atoms with Crippen LogP contribution in [0, 0.1) is 11.8 Å². The van der Waals surface area contributed by atoms with Crippen molar-refractivity contribution in [2.45, 2.75) is 44.5 Å². The van der Waals surface area contributed by atoms with Crippen LogP contribution in [0.4, 0.5) is 0 Å². The van der Waals surface area contributed by atoms with Gasteiger partial charge in [-0.1, -0.05) is 36.9 Å². The zero-order chi connectivity index (χ0) is 14.7. The lowest BCUT2D eigenvalue weighted by molar-refractivity contribution is -0.144. The number of esters is 1. The second kappa shape index (κ2) is 6.44. The van der Waals surface area contributed by atoms with E-state index < -0.39 is 0 Å². The molecule has 2 fully saturated rings. The van der Waals surface area contributed by atoms with Gasteiger partial charge in [-0.3, -0.25) is 0 Å². The van der Waals surface area contributed by atoms with Gasteiger partial charge in [-0.15, -0.1) is 0 Å². The highest BCUT2D eigenvalue weighted by Crippen LogP contribution is 2.47. The van der Waals surface area contributed by atoms with Gasteiger partial charge in [0.05, 0.1) is 12.7 Å². The number of rotatable bonds is 5. The zero-order valence-corrected chi connectivity index (χ0v) is 12.2. The molecule has 0 radical (unpaired) electrons. The van der Waals surface area contributed by atoms with Gasteiger partial charge in [0.15, 0.2) is 0 Å². The Morgan fingerprint density at radius 2 is 1.76 bits per heavy atom. The molecule has 0 amide bonds. The Labute approximate surface area is 125 Å². The van der Waals surface area contributed by atoms with Gasteiger partial charge in [-0.25, -0.2) is 4.79 Å². The van der Waals surface area contributed by atoms with Gasteiger partial charge in [-0.05, 0) is 37.2 Å². The molecule has 21 heavy (non-hydrogen) atoms. The third-order valence-corrected chi connectivity index (χ3v) is 4.82. The molecular weight excluding hydrogens is 264 g/mol. The predicted molar refractivity (Wildman–Crippen MR) is 80.5 cm³/mol. The molecule has 3 heteroatoms. The molecule has 0 spiro atoms. The molecule has 4 atom stereocenters. The summed E-state index contributed by atoms with van der Waals surface area (Å²) in [5, 5.41) is 0. The van der Waals surface area contributed by atoms with E-state index in [9.17, 15) is 4.79 Å². The molecule has 1 aromatic rings. The molecule has 0 aliphatic heterocycles. The van der Waals surface area contributed by atoms with E-state index in [0.29, 0.717) is 24.5 Å². The van der Waals surface area contributed by atoms with E-state index in [1.807, 2.05) is 18.2 Å². The van der Waals surface area contributed by atoms with Crippen LogP contribution in [0.25, 0.3) is 0 Å². The molecule has 1 aromatic carbocycles. The summed E-state index contributed by atoms with van der Waals surface area (Å²) < 4.78 is 11.6. The molecule has 0 bridgehead atoms. The lowest BCUT2D eigenvalue weighted by Gasteiger charge is -2.21. The monoisotopic (exact) mass is 286 g/mol. The highest BCUT2D eigenvalue weighted by atomic mass is 16.5. The second-order valence-corrected chi connectivity index (χ2v) is 6.00. The molecule has 3 rings (SSSR count). The van der Waals surface area contributed by atoms with E-state index in [1.54, 1.807) is 0 Å². The predicted octanol–water partition coefficient (Wildman–Crippen LogP) is 3.49. The van der Waals surface area contributed by atoms with Crippen LogP contribution in [-0.4, -0.2) is 18.2 Å². The summed E-state index contributed by atoms with van der Waals surface area (Å²) in [6, 6.07) is 10.3. The van der Waals surface area contributed by atoms with Crippen molar-refractivity contribution in [3.8, 4) is 0 Å². The van der Waals surface area contributed by atoms with E-state index in [2.05, 4.69) is 18.7 Å². The topological polar surface area (TPSA) is 35.5 Å². The van der Waals surface area contributed by atoms with Crippen molar-refractivity contribution in [1.29, 1.82) is 0 Å². The Balaban J connectivity index is 1.54. The summed E-state index contributed by atoms with van der Waals surface area (Å²) in [6.45, 7) is 4.14. The summed E-state index contributed by atoms with van der Waals surface area (Å²) in [4.78, 5) is 11.4. The molecule has 2 saturated carbocycles. The van der Waals surface area contributed by atoms with E-state index in [-0.39, 0.29) is 12.1 Å². The first-order chi connectivity index (χ1) is 10.3. The minimum Gasteiger partial charge on any atom is -0.459 e. The van der Waals surface area contributed by atoms with Gasteiger partial charge >= 0.3 is 5.97 Å². The number of ether oxygens (including phenoxy) is 2. The van der Waals surface area contributed by atoms with Crippen LogP contribution in [0.2, 0.25) is 0 Å². The number of hydrogen-bond donors (Lipinski definition) is 0. The van der Waals surface area contributed by atoms with Crippen LogP contribution < -0.4 is 0 Å². The molecule has 0 saturated heterocycles. The highest BCUT2D eigenvalue weighted by molar-refractivity contribution is 5.81. The number of hydrogen-bond acceptors (Lipinski definition) is 3. The Morgan fingerprint density at radius 3 is 2.48 bits per heavy atom. The van der Waals surface area contributed by atoms with Gasteiger partial charge < -0.3 is 9.47 Å². The maximum atomic E-state index is 11.4. The van der Waals surface area contributed by atoms with Crippen molar-refractivity contribution in [2.75, 3.05) is 0 Å². The van der Waals surface area contributed by atoms with E-state index in [1.165, 1.54) is 11.6 Å². The molecule has 112 valence electrons. The Kier molecular flexibility index (Phi) is 4.39. The van der Waals surface area contributed by atoms with Crippen LogP contribution in [0.3, 0.4) is 0 Å². The van der Waals surface area contributed by atoms with Gasteiger partial charge in [0.1, 0.15) is 6.10 Å². The molecule has 3 nitrogen and oxygen atoms in total. The van der Waals surface area contributed by atoms with Crippen LogP contribution in [-0.2, 0) is 20.9 Å². The normalized spacial score (nSPS) is 30.9. The first-order valence-electron chi connectivity index (χ1n) is 7.76. The average molecular weight is 286 g/mol. The average Bonchev–Trinajstić information content (AvgIpc) is 3.09. The van der Waals surface area contributed by atoms with Gasteiger partial charge in [0.25, 0.3) is 0 Å². The first-order valence-corrected chi connectivity index (χ1v) is 7.76. The third-order valence-electron chi connectivity index (χ3n) is 4.82. The fourth-order valence-electron chi connectivity index (χ4n) is 3.82. The third kappa shape index (κ3) is 3.18. The van der Waals surface area contributed by atoms with Crippen molar-refractivity contribution < 1.29 is 14.3 Å². The lowest BCUT2D eigenvalue weighted by atomic mass is 9.98. The minimum absolute atomic E-state index is 0.0609. The standard InChI is InChI=1S/C18H22O3/c1-2-18(19)21-17-11-9-14-15(17)8-10-16(14)20-12-13-6-4-3-5-7-13/h2-7,14-17H,1,8-12H2/t14-,15-,16-,17+/m1/s1. The SMILES string of the molecule is C=CC(=O)O[C@H]1CC[C@@H]2[C@H]1CC[C@H]2OCc1ccccc1. The number of carbonyl (C=O) groups is 1. The fraction of sp³-hybridized carbons (Fsp3) is 0.500. The molecule has 2 aliphatic carbocycles. The largest absolute Gasteiger partial charge is 0.459 e. The van der Waals surface area contributed by atoms with Crippen molar-refractivity contribution in [2.24, 2.45) is 11.8 Å². The maximum absolute atomic E-state index is 11.4. The van der Waals surface area contributed by atoms with Crippen molar-refractivity contribution in [3.05, 3.63) is 48.6 Å². The molecule has 0 aromatic heterocycles. The quantitative estimate of drug-likeness (QED) is 0.614. The first kappa shape index (κ1) is 14.3. The van der Waals surface area contributed by atoms with Gasteiger partial charge in [0.2, 0.25) is 0 Å². The molecule has 0 heterocycles. The zero-order valence-electron chi connectivity index (χ0n) is 12.2. The van der Waals surface area contributed by atoms with Crippen molar-refractivity contribution in [1.82, 2.24) is 0 Å². The number of fused-ring (bicyclic) bond motifs is 1. The lowest BCUT2D eigenvalue weighted by Crippen LogP contribution is -2.24. The minimum atomic E-state index is -0.297. The summed E-state index contributed by atoms with van der Waals surface area (Å²) in [7, 11) is 0. The molecule has 0 unspecified atom stereocenters. The van der Waals surface area contributed by atoms with Crippen molar-refractivity contribution >= 4 is 5.97 Å². The molecular formula is C18H22O3. The smallest absolute Gasteiger partial charge is 0.330 e. The van der Waals surface area contributed by atoms with Gasteiger partial charge in [0, 0.05) is 12.0 Å². The summed E-state index contributed by atoms with van der Waals surface area (Å²) >= 11 is 0. The van der Waals surface area contributed by atoms with Crippen LogP contribution >= 0.6 is 0 Å². The Hall–Kier alpha value is -1.61. The fourth-order valence-corrected chi connectivity index (χ4v) is 3.82. The maximum Gasteiger partial charge on any atom is 0.330 e.